The minimum absolute atomic E-state index is 0.229. The number of ketones is 1. The van der Waals surface area contributed by atoms with Gasteiger partial charge in [0.05, 0.1) is 5.56 Å². The highest BCUT2D eigenvalue weighted by Gasteiger charge is 2.21. The molecule has 0 aliphatic carbocycles. The molecule has 0 unspecified atom stereocenters. The first kappa shape index (κ1) is 18.2. The molecule has 1 aromatic carbocycles. The molecule has 2 rings (SSSR count). The molecule has 0 fully saturated rings. The fraction of sp³-hybridized carbons (Fsp3) is 0.294. The van der Waals surface area contributed by atoms with Crippen LogP contribution in [0.25, 0.3) is 0 Å². The maximum atomic E-state index is 12.3. The Morgan fingerprint density at radius 3 is 2.56 bits per heavy atom. The van der Waals surface area contributed by atoms with Gasteiger partial charge < -0.3 is 10.5 Å². The molecule has 0 saturated carbocycles. The molecule has 8 heteroatoms. The number of ether oxygens (including phenoxy) is 1. The van der Waals surface area contributed by atoms with Gasteiger partial charge in [0.2, 0.25) is 5.78 Å². The molecule has 132 valence electrons. The summed E-state index contributed by atoms with van der Waals surface area (Å²) in [7, 11) is 0. The number of anilines is 1. The van der Waals surface area contributed by atoms with Gasteiger partial charge in [-0.15, -0.1) is 0 Å². The van der Waals surface area contributed by atoms with E-state index in [2.05, 4.69) is 4.98 Å². The SMILES string of the molecule is CCCn1c(N)c(C(=O)COC(=O)c2ccccc2C)c(=O)[nH]c1=O. The maximum Gasteiger partial charge on any atom is 0.338 e. The lowest BCUT2D eigenvalue weighted by Crippen LogP contribution is -2.37. The normalized spacial score (nSPS) is 10.5. The molecule has 8 nitrogen and oxygen atoms in total. The minimum Gasteiger partial charge on any atom is -0.454 e. The van der Waals surface area contributed by atoms with Crippen molar-refractivity contribution < 1.29 is 14.3 Å². The number of hydrogen-bond donors (Lipinski definition) is 2. The van der Waals surface area contributed by atoms with Gasteiger partial charge in [-0.25, -0.2) is 9.59 Å². The number of nitrogens with one attached hydrogen (secondary N) is 1. The van der Waals surface area contributed by atoms with Crippen molar-refractivity contribution in [3.8, 4) is 0 Å². The van der Waals surface area contributed by atoms with E-state index < -0.39 is 29.6 Å². The number of carbonyl (C=O) groups excluding carboxylic acids is 2. The number of aromatic nitrogens is 2. The van der Waals surface area contributed by atoms with Crippen molar-refractivity contribution in [3.63, 3.8) is 0 Å². The summed E-state index contributed by atoms with van der Waals surface area (Å²) in [5, 5.41) is 0. The van der Waals surface area contributed by atoms with Gasteiger partial charge in [-0.2, -0.15) is 0 Å². The Kier molecular flexibility index (Phi) is 5.53. The van der Waals surface area contributed by atoms with E-state index in [9.17, 15) is 19.2 Å². The van der Waals surface area contributed by atoms with E-state index in [4.69, 9.17) is 10.5 Å². The number of nitrogens with two attached hydrogens (primary N) is 1. The number of nitrogen functional groups attached to an aromatic ring is 1. The first-order valence-electron chi connectivity index (χ1n) is 7.75. The second-order valence-corrected chi connectivity index (χ2v) is 5.49. The number of nitrogens with zero attached hydrogens (tertiary/aromatic N) is 1. The molecule has 0 radical (unpaired) electrons. The first-order valence-corrected chi connectivity index (χ1v) is 7.75. The Bertz CT molecular complexity index is 927. The average molecular weight is 345 g/mol. The molecule has 1 aromatic heterocycles. The lowest BCUT2D eigenvalue weighted by atomic mass is 10.1. The van der Waals surface area contributed by atoms with Gasteiger partial charge in [0.1, 0.15) is 11.4 Å². The monoisotopic (exact) mass is 345 g/mol. The molecule has 0 spiro atoms. The van der Waals surface area contributed by atoms with Gasteiger partial charge >= 0.3 is 11.7 Å². The lowest BCUT2D eigenvalue weighted by molar-refractivity contribution is 0.0473. The van der Waals surface area contributed by atoms with Crippen LogP contribution in [-0.2, 0) is 11.3 Å². The third-order valence-corrected chi connectivity index (χ3v) is 3.67. The Labute approximate surface area is 143 Å². The quantitative estimate of drug-likeness (QED) is 0.591. The van der Waals surface area contributed by atoms with Crippen LogP contribution in [0.4, 0.5) is 5.82 Å². The summed E-state index contributed by atoms with van der Waals surface area (Å²) in [6.07, 6.45) is 0.589. The summed E-state index contributed by atoms with van der Waals surface area (Å²) in [6, 6.07) is 6.76. The van der Waals surface area contributed by atoms with Crippen LogP contribution < -0.4 is 17.0 Å². The van der Waals surface area contributed by atoms with E-state index in [1.807, 2.05) is 6.92 Å². The van der Waals surface area contributed by atoms with Crippen molar-refractivity contribution in [2.45, 2.75) is 26.8 Å². The molecule has 0 atom stereocenters. The lowest BCUT2D eigenvalue weighted by Gasteiger charge is -2.11. The number of esters is 1. The highest BCUT2D eigenvalue weighted by molar-refractivity contribution is 6.02. The fourth-order valence-electron chi connectivity index (χ4n) is 2.39. The standard InChI is InChI=1S/C17H19N3O5/c1-3-8-20-14(18)13(15(22)19-17(20)24)12(21)9-25-16(23)11-7-5-4-6-10(11)2/h4-7H,3,8-9,18H2,1-2H3,(H,19,22,24). The van der Waals surface area contributed by atoms with Gasteiger partial charge in [0.15, 0.2) is 6.61 Å². The molecule has 0 aliphatic rings. The molecule has 0 aliphatic heterocycles. The van der Waals surface area contributed by atoms with E-state index in [1.54, 1.807) is 31.2 Å². The molecule has 1 heterocycles. The Balaban J connectivity index is 2.23. The van der Waals surface area contributed by atoms with Crippen LogP contribution in [0.5, 0.6) is 0 Å². The molecule has 0 saturated heterocycles. The maximum absolute atomic E-state index is 12.3. The number of carbonyl (C=O) groups is 2. The van der Waals surface area contributed by atoms with Crippen molar-refractivity contribution >= 4 is 17.6 Å². The largest absolute Gasteiger partial charge is 0.454 e. The zero-order valence-electron chi connectivity index (χ0n) is 14.0. The molecular formula is C17H19N3O5. The van der Waals surface area contributed by atoms with Crippen LogP contribution in [-0.4, -0.2) is 27.9 Å². The smallest absolute Gasteiger partial charge is 0.338 e. The van der Waals surface area contributed by atoms with Crippen LogP contribution in [0.15, 0.2) is 33.9 Å². The van der Waals surface area contributed by atoms with Gasteiger partial charge in [-0.05, 0) is 25.0 Å². The average Bonchev–Trinajstić information content (AvgIpc) is 2.56. The van der Waals surface area contributed by atoms with Crippen molar-refractivity contribution in [1.29, 1.82) is 0 Å². The predicted octanol–water partition coefficient (Wildman–Crippen LogP) is 0.877. The van der Waals surface area contributed by atoms with E-state index >= 15 is 0 Å². The van der Waals surface area contributed by atoms with Gasteiger partial charge in [0.25, 0.3) is 5.56 Å². The van der Waals surface area contributed by atoms with Crippen LogP contribution in [0.2, 0.25) is 0 Å². The van der Waals surface area contributed by atoms with Crippen LogP contribution in [0, 0.1) is 6.92 Å². The van der Waals surface area contributed by atoms with Crippen LogP contribution >= 0.6 is 0 Å². The van der Waals surface area contributed by atoms with Crippen LogP contribution in [0.3, 0.4) is 0 Å². The van der Waals surface area contributed by atoms with Gasteiger partial charge in [-0.1, -0.05) is 25.1 Å². The minimum atomic E-state index is -0.896. The van der Waals surface area contributed by atoms with Gasteiger partial charge in [-0.3, -0.25) is 19.1 Å². The van der Waals surface area contributed by atoms with Crippen molar-refractivity contribution in [2.24, 2.45) is 0 Å². The molecule has 0 amide bonds. The topological polar surface area (TPSA) is 124 Å². The Hall–Kier alpha value is -3.16. The zero-order valence-corrected chi connectivity index (χ0v) is 14.0. The summed E-state index contributed by atoms with van der Waals surface area (Å²) < 4.78 is 6.09. The number of H-pyrrole nitrogens is 1. The summed E-state index contributed by atoms with van der Waals surface area (Å²) in [5.74, 6) is -1.68. The Morgan fingerprint density at radius 1 is 1.24 bits per heavy atom. The third-order valence-electron chi connectivity index (χ3n) is 3.67. The van der Waals surface area contributed by atoms with E-state index in [1.165, 1.54) is 0 Å². The van der Waals surface area contributed by atoms with E-state index in [0.29, 0.717) is 17.5 Å². The second kappa shape index (κ2) is 7.61. The Morgan fingerprint density at radius 2 is 1.92 bits per heavy atom. The summed E-state index contributed by atoms with van der Waals surface area (Å²) in [4.78, 5) is 50.0. The highest BCUT2D eigenvalue weighted by Crippen LogP contribution is 2.10. The summed E-state index contributed by atoms with van der Waals surface area (Å²) in [5.41, 5.74) is 4.86. The first-order chi connectivity index (χ1) is 11.9. The van der Waals surface area contributed by atoms with Crippen molar-refractivity contribution in [3.05, 3.63) is 61.8 Å². The van der Waals surface area contributed by atoms with E-state index in [-0.39, 0.29) is 17.9 Å². The van der Waals surface area contributed by atoms with E-state index in [0.717, 1.165) is 4.57 Å². The molecule has 25 heavy (non-hydrogen) atoms. The fourth-order valence-corrected chi connectivity index (χ4v) is 2.39. The van der Waals surface area contributed by atoms with Crippen LogP contribution in [0.1, 0.15) is 39.6 Å². The molecular weight excluding hydrogens is 326 g/mol. The molecule has 0 bridgehead atoms. The second-order valence-electron chi connectivity index (χ2n) is 5.49. The molecule has 3 N–H and O–H groups in total. The zero-order chi connectivity index (χ0) is 18.6. The number of rotatable bonds is 6. The number of aromatic amines is 1. The number of hydrogen-bond acceptors (Lipinski definition) is 6. The third kappa shape index (κ3) is 3.85. The number of aryl methyl sites for hydroxylation is 1. The highest BCUT2D eigenvalue weighted by atomic mass is 16.5. The number of Topliss-reactive ketones (excluding diaryl/α,β-unsaturated/α-hetero) is 1. The van der Waals surface area contributed by atoms with Crippen molar-refractivity contribution in [2.75, 3.05) is 12.3 Å². The number of benzene rings is 1. The molecule has 2 aromatic rings. The summed E-state index contributed by atoms with van der Waals surface area (Å²) >= 11 is 0. The predicted molar refractivity (Wildman–Crippen MR) is 91.8 cm³/mol. The van der Waals surface area contributed by atoms with Crippen molar-refractivity contribution in [1.82, 2.24) is 9.55 Å². The van der Waals surface area contributed by atoms with Gasteiger partial charge in [0, 0.05) is 6.54 Å². The summed E-state index contributed by atoms with van der Waals surface area (Å²) in [6.45, 7) is 3.17.